The maximum absolute atomic E-state index is 12.6. The first kappa shape index (κ1) is 20.1. The number of methoxy groups -OCH3 is 3. The van der Waals surface area contributed by atoms with E-state index in [1.807, 2.05) is 0 Å². The lowest BCUT2D eigenvalue weighted by molar-refractivity contribution is -0.132. The van der Waals surface area contributed by atoms with Gasteiger partial charge in [0.05, 0.1) is 21.3 Å². The van der Waals surface area contributed by atoms with E-state index in [-0.39, 0.29) is 22.8 Å². The van der Waals surface area contributed by atoms with Crippen LogP contribution in [-0.2, 0) is 4.79 Å². The number of rotatable bonds is 7. The van der Waals surface area contributed by atoms with Crippen molar-refractivity contribution in [1.29, 1.82) is 0 Å². The molecule has 27 heavy (non-hydrogen) atoms. The first-order valence-corrected chi connectivity index (χ1v) is 8.09. The summed E-state index contributed by atoms with van der Waals surface area (Å²) in [6.07, 6.45) is 1.33. The van der Waals surface area contributed by atoms with Gasteiger partial charge in [-0.3, -0.25) is 4.79 Å². The number of halogens is 1. The Hall–Kier alpha value is -3.19. The fraction of sp³-hybridized carbons (Fsp3) is 0.158. The number of carboxylic acids is 1. The molecule has 0 aromatic heterocycles. The third kappa shape index (κ3) is 4.92. The molecule has 7 nitrogen and oxygen atoms in total. The highest BCUT2D eigenvalue weighted by atomic mass is 35.5. The minimum absolute atomic E-state index is 0.146. The number of hydrogen-bond acceptors (Lipinski definition) is 5. The van der Waals surface area contributed by atoms with Crippen LogP contribution in [0.25, 0.3) is 6.08 Å². The Labute approximate surface area is 161 Å². The second kappa shape index (κ2) is 8.95. The predicted octanol–water partition coefficient (Wildman–Crippen LogP) is 3.22. The maximum Gasteiger partial charge on any atom is 0.352 e. The number of amides is 1. The minimum atomic E-state index is -1.29. The van der Waals surface area contributed by atoms with Gasteiger partial charge in [-0.25, -0.2) is 4.79 Å². The molecule has 2 N–H and O–H groups in total. The fourth-order valence-electron chi connectivity index (χ4n) is 2.28. The van der Waals surface area contributed by atoms with Gasteiger partial charge in [0, 0.05) is 10.6 Å². The molecule has 0 fully saturated rings. The molecular formula is C19H18ClNO6. The fourth-order valence-corrected chi connectivity index (χ4v) is 2.41. The Morgan fingerprint density at radius 3 is 2.00 bits per heavy atom. The summed E-state index contributed by atoms with van der Waals surface area (Å²) in [6.45, 7) is 0. The van der Waals surface area contributed by atoms with E-state index in [9.17, 15) is 14.7 Å². The number of aliphatic carboxylic acids is 1. The SMILES string of the molecule is COc1cc(C(=O)N/C(=C\c2ccc(Cl)cc2)C(=O)O)cc(OC)c1OC. The van der Waals surface area contributed by atoms with Crippen LogP contribution < -0.4 is 19.5 Å². The molecule has 2 aromatic rings. The molecule has 0 saturated heterocycles. The van der Waals surface area contributed by atoms with Gasteiger partial charge in [0.25, 0.3) is 5.91 Å². The lowest BCUT2D eigenvalue weighted by Crippen LogP contribution is -2.27. The van der Waals surface area contributed by atoms with Crippen LogP contribution in [0.1, 0.15) is 15.9 Å². The normalized spacial score (nSPS) is 10.9. The Bertz CT molecular complexity index is 851. The highest BCUT2D eigenvalue weighted by molar-refractivity contribution is 6.30. The summed E-state index contributed by atoms with van der Waals surface area (Å²) in [5.74, 6) is -1.05. The summed E-state index contributed by atoms with van der Waals surface area (Å²) in [7, 11) is 4.28. The van der Waals surface area contributed by atoms with Gasteiger partial charge in [0.2, 0.25) is 5.75 Å². The second-order valence-electron chi connectivity index (χ2n) is 5.28. The largest absolute Gasteiger partial charge is 0.493 e. The number of carboxylic acid groups (broad SMARTS) is 1. The van der Waals surface area contributed by atoms with Crippen LogP contribution in [0.4, 0.5) is 0 Å². The van der Waals surface area contributed by atoms with E-state index in [1.54, 1.807) is 24.3 Å². The van der Waals surface area contributed by atoms with Crippen molar-refractivity contribution in [2.24, 2.45) is 0 Å². The standard InChI is InChI=1S/C19H18ClNO6/c1-25-15-9-12(10-16(26-2)17(15)27-3)18(22)21-14(19(23)24)8-11-4-6-13(20)7-5-11/h4-10H,1-3H3,(H,21,22)(H,23,24)/b14-8-. The molecule has 1 amide bonds. The van der Waals surface area contributed by atoms with Crippen molar-refractivity contribution in [2.75, 3.05) is 21.3 Å². The van der Waals surface area contributed by atoms with Crippen LogP contribution in [0.3, 0.4) is 0 Å². The van der Waals surface area contributed by atoms with Crippen molar-refractivity contribution in [1.82, 2.24) is 5.32 Å². The topological polar surface area (TPSA) is 94.1 Å². The average molecular weight is 392 g/mol. The van der Waals surface area contributed by atoms with Crippen LogP contribution >= 0.6 is 11.6 Å². The van der Waals surface area contributed by atoms with Crippen molar-refractivity contribution in [3.63, 3.8) is 0 Å². The number of nitrogens with one attached hydrogen (secondary N) is 1. The quantitative estimate of drug-likeness (QED) is 0.704. The molecule has 0 spiro atoms. The van der Waals surface area contributed by atoms with Crippen LogP contribution in [0, 0.1) is 0 Å². The van der Waals surface area contributed by atoms with Gasteiger partial charge < -0.3 is 24.6 Å². The van der Waals surface area contributed by atoms with Crippen LogP contribution in [-0.4, -0.2) is 38.3 Å². The molecule has 0 heterocycles. The molecule has 0 saturated carbocycles. The zero-order chi connectivity index (χ0) is 20.0. The highest BCUT2D eigenvalue weighted by Gasteiger charge is 2.19. The second-order valence-corrected chi connectivity index (χ2v) is 5.72. The first-order chi connectivity index (χ1) is 12.9. The molecule has 0 aliphatic rings. The molecule has 0 aliphatic heterocycles. The molecule has 0 atom stereocenters. The molecular weight excluding hydrogens is 374 g/mol. The molecule has 0 bridgehead atoms. The number of carbonyl (C=O) groups excluding carboxylic acids is 1. The monoisotopic (exact) mass is 391 g/mol. The van der Waals surface area contributed by atoms with E-state index >= 15 is 0 Å². The van der Waals surface area contributed by atoms with Gasteiger partial charge >= 0.3 is 5.97 Å². The van der Waals surface area contributed by atoms with E-state index in [0.717, 1.165) is 0 Å². The number of carbonyl (C=O) groups is 2. The van der Waals surface area contributed by atoms with Gasteiger partial charge in [-0.2, -0.15) is 0 Å². The Balaban J connectivity index is 2.35. The summed E-state index contributed by atoms with van der Waals surface area (Å²) < 4.78 is 15.6. The van der Waals surface area contributed by atoms with Gasteiger partial charge in [-0.05, 0) is 35.9 Å². The lowest BCUT2D eigenvalue weighted by Gasteiger charge is -2.14. The van der Waals surface area contributed by atoms with E-state index < -0.39 is 11.9 Å². The molecule has 0 aliphatic carbocycles. The zero-order valence-electron chi connectivity index (χ0n) is 14.9. The molecule has 0 radical (unpaired) electrons. The lowest BCUT2D eigenvalue weighted by atomic mass is 10.1. The van der Waals surface area contributed by atoms with Crippen molar-refractivity contribution in [3.05, 3.63) is 58.2 Å². The van der Waals surface area contributed by atoms with Crippen molar-refractivity contribution < 1.29 is 28.9 Å². The first-order valence-electron chi connectivity index (χ1n) is 7.71. The summed E-state index contributed by atoms with van der Waals surface area (Å²) in [6, 6.07) is 9.37. The van der Waals surface area contributed by atoms with Gasteiger partial charge in [-0.15, -0.1) is 0 Å². The van der Waals surface area contributed by atoms with Crippen LogP contribution in [0.15, 0.2) is 42.1 Å². The van der Waals surface area contributed by atoms with E-state index in [1.165, 1.54) is 39.5 Å². The number of hydrogen-bond donors (Lipinski definition) is 2. The maximum atomic E-state index is 12.6. The summed E-state index contributed by atoms with van der Waals surface area (Å²) in [5, 5.41) is 12.3. The Morgan fingerprint density at radius 2 is 1.56 bits per heavy atom. The van der Waals surface area contributed by atoms with Crippen molar-refractivity contribution in [2.45, 2.75) is 0 Å². The zero-order valence-corrected chi connectivity index (χ0v) is 15.7. The number of ether oxygens (including phenoxy) is 3. The van der Waals surface area contributed by atoms with Gasteiger partial charge in [0.1, 0.15) is 5.70 Å². The van der Waals surface area contributed by atoms with Gasteiger partial charge in [-0.1, -0.05) is 23.7 Å². The highest BCUT2D eigenvalue weighted by Crippen LogP contribution is 2.38. The minimum Gasteiger partial charge on any atom is -0.493 e. The van der Waals surface area contributed by atoms with Crippen molar-refractivity contribution in [3.8, 4) is 17.2 Å². The molecule has 2 aromatic carbocycles. The van der Waals surface area contributed by atoms with Gasteiger partial charge in [0.15, 0.2) is 11.5 Å². The third-order valence-electron chi connectivity index (χ3n) is 3.59. The average Bonchev–Trinajstić information content (AvgIpc) is 2.67. The van der Waals surface area contributed by atoms with E-state index in [2.05, 4.69) is 5.32 Å². The van der Waals surface area contributed by atoms with E-state index in [4.69, 9.17) is 25.8 Å². The molecule has 0 unspecified atom stereocenters. The molecule has 2 rings (SSSR count). The Morgan fingerprint density at radius 1 is 1.00 bits per heavy atom. The van der Waals surface area contributed by atoms with Crippen molar-refractivity contribution >= 4 is 29.6 Å². The Kier molecular flexibility index (Phi) is 6.67. The molecule has 8 heteroatoms. The summed E-state index contributed by atoms with van der Waals surface area (Å²) in [5.41, 5.74) is 0.422. The number of benzene rings is 2. The summed E-state index contributed by atoms with van der Waals surface area (Å²) in [4.78, 5) is 24.1. The van der Waals surface area contributed by atoms with Crippen LogP contribution in [0.2, 0.25) is 5.02 Å². The molecule has 142 valence electrons. The van der Waals surface area contributed by atoms with E-state index in [0.29, 0.717) is 16.3 Å². The predicted molar refractivity (Wildman–Crippen MR) is 101 cm³/mol. The summed E-state index contributed by atoms with van der Waals surface area (Å²) >= 11 is 5.82. The van der Waals surface area contributed by atoms with Crippen LogP contribution in [0.5, 0.6) is 17.2 Å². The smallest absolute Gasteiger partial charge is 0.352 e. The third-order valence-corrected chi connectivity index (χ3v) is 3.84.